The Bertz CT molecular complexity index is 4900. The molecule has 8 heteroatoms. The number of benzene rings is 13. The van der Waals surface area contributed by atoms with Gasteiger partial charge in [0, 0.05) is 83.9 Å². The van der Waals surface area contributed by atoms with Crippen LogP contribution in [-0.2, 0) is 10.8 Å². The molecule has 0 radical (unpaired) electrons. The zero-order valence-corrected chi connectivity index (χ0v) is 54.4. The summed E-state index contributed by atoms with van der Waals surface area (Å²) in [6, 6.07) is 113. The first-order valence-corrected chi connectivity index (χ1v) is 33.6. The highest BCUT2D eigenvalue weighted by atomic mass is 32.2. The summed E-state index contributed by atoms with van der Waals surface area (Å²) in [5.74, 6) is 1.70. The van der Waals surface area contributed by atoms with Crippen LogP contribution in [0.2, 0.25) is 0 Å². The second-order valence-electron chi connectivity index (χ2n) is 27.2. The summed E-state index contributed by atoms with van der Waals surface area (Å²) in [6.45, 7) is 13.5. The van der Waals surface area contributed by atoms with Crippen LogP contribution < -0.4 is 57.1 Å². The molecule has 450 valence electrons. The van der Waals surface area contributed by atoms with Gasteiger partial charge in [0.05, 0.1) is 11.4 Å². The molecule has 5 nitrogen and oxygen atoms in total. The summed E-state index contributed by atoms with van der Waals surface area (Å²) in [4.78, 5) is 12.4. The number of nitrogens with zero attached hydrogens (tertiary/aromatic N) is 4. The summed E-state index contributed by atoms with van der Waals surface area (Å²) in [7, 11) is 0. The summed E-state index contributed by atoms with van der Waals surface area (Å²) >= 11 is 1.90. The third kappa shape index (κ3) is 9.64. The monoisotopic (exact) mass is 1230 g/mol. The van der Waals surface area contributed by atoms with E-state index in [2.05, 4.69) is 364 Å². The highest BCUT2D eigenvalue weighted by Crippen LogP contribution is 2.53. The maximum absolute atomic E-state index is 7.46. The molecule has 17 rings (SSSR count). The molecule has 4 aliphatic heterocycles. The van der Waals surface area contributed by atoms with E-state index in [1.165, 1.54) is 54.1 Å². The van der Waals surface area contributed by atoms with E-state index in [1.54, 1.807) is 0 Å². The molecule has 0 atom stereocenters. The van der Waals surface area contributed by atoms with Gasteiger partial charge in [-0.25, -0.2) is 0 Å². The highest BCUT2D eigenvalue weighted by molar-refractivity contribution is 8.00. The van der Waals surface area contributed by atoms with Crippen molar-refractivity contribution in [1.29, 1.82) is 0 Å². The molecule has 4 heterocycles. The molecule has 0 saturated heterocycles. The van der Waals surface area contributed by atoms with E-state index in [9.17, 15) is 0 Å². The molecule has 4 aliphatic rings. The van der Waals surface area contributed by atoms with Crippen molar-refractivity contribution in [3.63, 3.8) is 0 Å². The molecule has 0 fully saturated rings. The Kier molecular flexibility index (Phi) is 13.8. The smallest absolute Gasteiger partial charge is 0.256 e. The molecular weight excluding hydrogens is 1160 g/mol. The molecular formula is C86H68B2N4OS. The molecule has 0 N–H and O–H groups in total. The van der Waals surface area contributed by atoms with Gasteiger partial charge in [0.25, 0.3) is 6.71 Å². The molecule has 0 unspecified atom stereocenters. The van der Waals surface area contributed by atoms with Crippen molar-refractivity contribution in [2.75, 3.05) is 19.6 Å². The van der Waals surface area contributed by atoms with Gasteiger partial charge in [-0.3, -0.25) is 0 Å². The average molecular weight is 1230 g/mol. The minimum absolute atomic E-state index is 0.0328. The summed E-state index contributed by atoms with van der Waals surface area (Å²) in [5.41, 5.74) is 27.6. The van der Waals surface area contributed by atoms with E-state index in [0.717, 1.165) is 102 Å². The minimum atomic E-state index is -0.201. The van der Waals surface area contributed by atoms with Crippen molar-refractivity contribution in [2.24, 2.45) is 0 Å². The summed E-state index contributed by atoms with van der Waals surface area (Å²) in [5, 5.41) is 0. The normalized spacial score (nSPS) is 13.2. The predicted octanol–water partition coefficient (Wildman–Crippen LogP) is 19.7. The maximum Gasteiger partial charge on any atom is 0.256 e. The van der Waals surface area contributed by atoms with E-state index in [4.69, 9.17) is 4.74 Å². The van der Waals surface area contributed by atoms with Crippen LogP contribution >= 0.6 is 11.8 Å². The van der Waals surface area contributed by atoms with Crippen LogP contribution in [0.4, 0.5) is 68.2 Å². The fraction of sp³-hybridized carbons (Fsp3) is 0.0930. The van der Waals surface area contributed by atoms with Crippen LogP contribution in [0.5, 0.6) is 11.5 Å². The molecule has 0 bridgehead atoms. The summed E-state index contributed by atoms with van der Waals surface area (Å²) in [6.07, 6.45) is 0. The van der Waals surface area contributed by atoms with E-state index in [0.29, 0.717) is 0 Å². The van der Waals surface area contributed by atoms with E-state index < -0.39 is 0 Å². The van der Waals surface area contributed by atoms with Gasteiger partial charge in [-0.1, -0.05) is 259 Å². The van der Waals surface area contributed by atoms with Gasteiger partial charge in [0.2, 0.25) is 6.71 Å². The number of hydrogen-bond donors (Lipinski definition) is 0. The zero-order valence-electron chi connectivity index (χ0n) is 53.6. The number of ether oxygens (including phenoxy) is 1. The Hall–Kier alpha value is -10.7. The molecule has 94 heavy (non-hydrogen) atoms. The molecule has 13 aromatic carbocycles. The van der Waals surface area contributed by atoms with Crippen molar-refractivity contribution in [2.45, 2.75) is 62.2 Å². The topological polar surface area (TPSA) is 22.2 Å². The first-order valence-electron chi connectivity index (χ1n) is 32.8. The maximum atomic E-state index is 7.46. The molecule has 0 amide bonds. The van der Waals surface area contributed by atoms with Gasteiger partial charge in [0.15, 0.2) is 0 Å². The molecule has 13 aromatic rings. The Morgan fingerprint density at radius 1 is 0.319 bits per heavy atom. The van der Waals surface area contributed by atoms with Gasteiger partial charge in [-0.15, -0.1) is 0 Å². The lowest BCUT2D eigenvalue weighted by Gasteiger charge is -2.44. The van der Waals surface area contributed by atoms with Gasteiger partial charge in [-0.05, 0) is 157 Å². The molecule has 0 saturated carbocycles. The second-order valence-corrected chi connectivity index (χ2v) is 28.3. The molecule has 0 spiro atoms. The van der Waals surface area contributed by atoms with Crippen molar-refractivity contribution in [3.05, 3.63) is 314 Å². The fourth-order valence-corrected chi connectivity index (χ4v) is 16.2. The van der Waals surface area contributed by atoms with Gasteiger partial charge < -0.3 is 24.3 Å². The number of rotatable bonds is 10. The van der Waals surface area contributed by atoms with Crippen LogP contribution in [0, 0.1) is 0 Å². The first kappa shape index (κ1) is 57.3. The van der Waals surface area contributed by atoms with Crippen LogP contribution in [0.15, 0.2) is 313 Å². The predicted molar refractivity (Wildman–Crippen MR) is 400 cm³/mol. The molecule has 0 aliphatic carbocycles. The third-order valence-electron chi connectivity index (χ3n) is 19.4. The average Bonchev–Trinajstić information content (AvgIpc) is 0.694. The SMILES string of the molecule is CC(C)(C)c1ccc(-c2cccc(-c3ccc(C(C)(C)C)cc3)c2N2c3cc4c(cc3B3c5ccccc5Oc5cc(N(c6ccccc6)c6ccccc6)cc2c53)B2c3ccccc3N(c3ccccc3)c3cc(N(c5ccccc5)c5ccccc5)cc(c32)S4)cc1. The van der Waals surface area contributed by atoms with E-state index >= 15 is 0 Å². The third-order valence-corrected chi connectivity index (χ3v) is 20.6. The van der Waals surface area contributed by atoms with Crippen LogP contribution in [0.1, 0.15) is 52.7 Å². The second kappa shape index (κ2) is 22.6. The van der Waals surface area contributed by atoms with E-state index in [1.807, 2.05) is 11.8 Å². The number of anilines is 12. The highest BCUT2D eigenvalue weighted by Gasteiger charge is 2.48. The number of hydrogen-bond acceptors (Lipinski definition) is 6. The number of para-hydroxylation sites is 8. The van der Waals surface area contributed by atoms with Crippen LogP contribution in [0.25, 0.3) is 22.3 Å². The standard InChI is InChI=1S/C86H68B2N4OS/c1-85(2,3)59-47-43-57(44-48-59)68-37-26-38-69(58-45-49-60(50-46-58)86(4,5)6)84(68)92-75-56-80-73(55-72(75)88-71-40-23-25-42-78(71)93-79-53-66(51-76(92)82(79)88)89(61-27-12-7-13-28-61)62-29-14-8-15-30-62)87-70-39-22-24-41-74(70)91(65-35-20-11-21-36-65)77-52-67(54-81(94-80)83(77)87)90(63-31-16-9-17-32-63)64-33-18-10-19-34-64/h7-56H,1-6H3. The lowest BCUT2D eigenvalue weighted by atomic mass is 9.31. The first-order chi connectivity index (χ1) is 45.9. The quantitative estimate of drug-likeness (QED) is 0.126. The Labute approximate surface area is 557 Å². The Morgan fingerprint density at radius 2 is 0.777 bits per heavy atom. The lowest BCUT2D eigenvalue weighted by molar-refractivity contribution is 0.487. The van der Waals surface area contributed by atoms with Crippen molar-refractivity contribution < 1.29 is 4.74 Å². The van der Waals surface area contributed by atoms with Gasteiger partial charge >= 0.3 is 0 Å². The van der Waals surface area contributed by atoms with Gasteiger partial charge in [0.1, 0.15) is 11.5 Å². The Morgan fingerprint density at radius 3 is 1.31 bits per heavy atom. The Balaban J connectivity index is 0.982. The van der Waals surface area contributed by atoms with E-state index in [-0.39, 0.29) is 24.3 Å². The molecule has 0 aromatic heterocycles. The number of fused-ring (bicyclic) bond motifs is 8. The van der Waals surface area contributed by atoms with Crippen LogP contribution in [0.3, 0.4) is 0 Å². The largest absolute Gasteiger partial charge is 0.458 e. The zero-order chi connectivity index (χ0) is 63.4. The van der Waals surface area contributed by atoms with Crippen molar-refractivity contribution in [3.8, 4) is 33.8 Å². The minimum Gasteiger partial charge on any atom is -0.458 e. The van der Waals surface area contributed by atoms with Crippen molar-refractivity contribution in [1.82, 2.24) is 0 Å². The van der Waals surface area contributed by atoms with Crippen molar-refractivity contribution >= 4 is 126 Å². The fourth-order valence-electron chi connectivity index (χ4n) is 15.0. The van der Waals surface area contributed by atoms with Crippen LogP contribution in [-0.4, -0.2) is 13.4 Å². The lowest BCUT2D eigenvalue weighted by Crippen LogP contribution is -2.63. The van der Waals surface area contributed by atoms with Gasteiger partial charge in [-0.2, -0.15) is 0 Å². The summed E-state index contributed by atoms with van der Waals surface area (Å²) < 4.78 is 7.46.